The smallest absolute Gasteiger partial charge is 0.247 e. The average Bonchev–Trinajstić information content (AvgIpc) is 3.29. The summed E-state index contributed by atoms with van der Waals surface area (Å²) in [7, 11) is 0. The summed E-state index contributed by atoms with van der Waals surface area (Å²) >= 11 is 3.94. The molecule has 0 saturated heterocycles. The molecular formula is C48H47BN3S2+. The van der Waals surface area contributed by atoms with Crippen molar-refractivity contribution in [2.75, 3.05) is 4.90 Å². The van der Waals surface area contributed by atoms with E-state index in [0.717, 1.165) is 12.2 Å². The Morgan fingerprint density at radius 2 is 1.28 bits per heavy atom. The van der Waals surface area contributed by atoms with Crippen LogP contribution in [-0.2, 0) is 6.42 Å². The Balaban J connectivity index is 1.31. The van der Waals surface area contributed by atoms with Crippen molar-refractivity contribution in [1.29, 1.82) is 0 Å². The third kappa shape index (κ3) is 5.05. The van der Waals surface area contributed by atoms with Crippen LogP contribution < -0.4 is 25.9 Å². The molecule has 5 aromatic carbocycles. The van der Waals surface area contributed by atoms with Gasteiger partial charge in [-0.25, -0.2) is 4.98 Å². The summed E-state index contributed by atoms with van der Waals surface area (Å²) in [6.07, 6.45) is 5.25. The molecule has 0 N–H and O–H groups in total. The first-order chi connectivity index (χ1) is 26.2. The zero-order valence-corrected chi connectivity index (χ0v) is 33.9. The lowest BCUT2D eigenvalue weighted by Gasteiger charge is -2.44. The molecule has 6 aromatic rings. The summed E-state index contributed by atoms with van der Waals surface area (Å²) in [5, 5.41) is 0. The van der Waals surface area contributed by atoms with E-state index in [1.54, 1.807) is 0 Å². The zero-order chi connectivity index (χ0) is 37.0. The first kappa shape index (κ1) is 34.3. The van der Waals surface area contributed by atoms with Crippen LogP contribution in [-0.4, -0.2) is 11.7 Å². The standard InChI is InChI=1S/C48H47BN3S2/c1-27(2)32-14-12-17-35-30(7)51-23-22-50-48-39(51)26-36(44(32)35)46(52(48)47-33(28(3)4)15-13-16-34(47)29(5)6)31-24-42-45-43(25-31)54-41-21-11-9-19-38(41)49(45)37-18-8-10-20-40(37)53-42/h8-25,27-30,36,46H,26H2,1-7H3/q+1. The second-order valence-electron chi connectivity index (χ2n) is 16.6. The minimum Gasteiger partial charge on any atom is -0.312 e. The van der Waals surface area contributed by atoms with Gasteiger partial charge in [-0.1, -0.05) is 149 Å². The lowest BCUT2D eigenvalue weighted by molar-refractivity contribution is -0.716. The first-order valence-corrected chi connectivity index (χ1v) is 21.5. The van der Waals surface area contributed by atoms with Gasteiger partial charge in [0.1, 0.15) is 0 Å². The Kier molecular flexibility index (Phi) is 8.19. The molecule has 0 aliphatic carbocycles. The van der Waals surface area contributed by atoms with Gasteiger partial charge in [0.05, 0.1) is 17.9 Å². The highest BCUT2D eigenvalue weighted by Crippen LogP contribution is 2.56. The van der Waals surface area contributed by atoms with Crippen LogP contribution in [0, 0.1) is 0 Å². The van der Waals surface area contributed by atoms with Crippen LogP contribution in [0.3, 0.4) is 0 Å². The van der Waals surface area contributed by atoms with Gasteiger partial charge < -0.3 is 4.90 Å². The van der Waals surface area contributed by atoms with Gasteiger partial charge in [-0.3, -0.25) is 0 Å². The van der Waals surface area contributed by atoms with Crippen molar-refractivity contribution in [3.8, 4) is 0 Å². The highest BCUT2D eigenvalue weighted by Gasteiger charge is 2.49. The fraction of sp³-hybridized carbons (Fsp3) is 0.292. The van der Waals surface area contributed by atoms with E-state index in [-0.39, 0.29) is 24.7 Å². The van der Waals surface area contributed by atoms with Crippen molar-refractivity contribution < 1.29 is 4.57 Å². The van der Waals surface area contributed by atoms with Gasteiger partial charge in [0.15, 0.2) is 12.2 Å². The van der Waals surface area contributed by atoms with Gasteiger partial charge in [0.2, 0.25) is 18.2 Å². The maximum Gasteiger partial charge on any atom is 0.247 e. The monoisotopic (exact) mass is 740 g/mol. The van der Waals surface area contributed by atoms with E-state index in [2.05, 4.69) is 167 Å². The number of benzene rings is 5. The molecular weight excluding hydrogens is 693 g/mol. The summed E-state index contributed by atoms with van der Waals surface area (Å²) in [5.41, 5.74) is 15.7. The quantitative estimate of drug-likeness (QED) is 0.129. The number of hydrogen-bond donors (Lipinski definition) is 0. The second-order valence-corrected chi connectivity index (χ2v) is 18.8. The van der Waals surface area contributed by atoms with Crippen molar-refractivity contribution >= 4 is 58.1 Å². The second kappa shape index (κ2) is 12.9. The van der Waals surface area contributed by atoms with Crippen LogP contribution in [0.4, 0.5) is 11.5 Å². The van der Waals surface area contributed by atoms with E-state index in [4.69, 9.17) is 4.98 Å². The van der Waals surface area contributed by atoms with Crippen LogP contribution in [0.15, 0.2) is 129 Å². The van der Waals surface area contributed by atoms with Crippen molar-refractivity contribution in [3.05, 3.63) is 149 Å². The molecule has 10 rings (SSSR count). The Labute approximate surface area is 329 Å². The normalized spacial score (nSPS) is 19.0. The molecule has 0 fully saturated rings. The summed E-state index contributed by atoms with van der Waals surface area (Å²) < 4.78 is 2.54. The van der Waals surface area contributed by atoms with Gasteiger partial charge in [0.25, 0.3) is 0 Å². The number of anilines is 2. The molecule has 5 heterocycles. The maximum atomic E-state index is 5.39. The summed E-state index contributed by atoms with van der Waals surface area (Å²) in [6.45, 7) is 16.8. The molecule has 3 atom stereocenters. The molecule has 6 heteroatoms. The lowest BCUT2D eigenvalue weighted by atomic mass is 9.36. The molecule has 3 unspecified atom stereocenters. The Hall–Kier alpha value is -4.26. The van der Waals surface area contributed by atoms with Crippen LogP contribution in [0.25, 0.3) is 0 Å². The molecule has 0 amide bonds. The van der Waals surface area contributed by atoms with Gasteiger partial charge in [-0.05, 0) is 75.3 Å². The van der Waals surface area contributed by atoms with Crippen molar-refractivity contribution in [2.24, 2.45) is 0 Å². The number of rotatable bonds is 5. The molecule has 0 spiro atoms. The molecule has 2 bridgehead atoms. The number of hydrogen-bond acceptors (Lipinski definition) is 4. The van der Waals surface area contributed by atoms with E-state index < -0.39 is 0 Å². The van der Waals surface area contributed by atoms with Crippen molar-refractivity contribution in [1.82, 2.24) is 4.98 Å². The van der Waals surface area contributed by atoms with E-state index in [9.17, 15) is 0 Å². The molecule has 54 heavy (non-hydrogen) atoms. The minimum absolute atomic E-state index is 0.0396. The summed E-state index contributed by atoms with van der Waals surface area (Å²) in [5.74, 6) is 2.46. The lowest BCUT2D eigenvalue weighted by Crippen LogP contribution is -2.58. The first-order valence-electron chi connectivity index (χ1n) is 19.9. The van der Waals surface area contributed by atoms with Gasteiger partial charge in [0, 0.05) is 44.4 Å². The Morgan fingerprint density at radius 3 is 1.89 bits per heavy atom. The van der Waals surface area contributed by atoms with E-state index >= 15 is 0 Å². The van der Waals surface area contributed by atoms with Crippen molar-refractivity contribution in [3.63, 3.8) is 0 Å². The largest absolute Gasteiger partial charge is 0.312 e. The molecule has 0 saturated carbocycles. The Morgan fingerprint density at radius 1 is 0.704 bits per heavy atom. The Bertz CT molecular complexity index is 2390. The predicted octanol–water partition coefficient (Wildman–Crippen LogP) is 10.3. The van der Waals surface area contributed by atoms with Gasteiger partial charge >= 0.3 is 0 Å². The maximum absolute atomic E-state index is 5.39. The van der Waals surface area contributed by atoms with Crippen molar-refractivity contribution in [2.45, 2.75) is 110 Å². The number of para-hydroxylation sites is 1. The molecule has 268 valence electrons. The highest BCUT2D eigenvalue weighted by atomic mass is 32.2. The van der Waals surface area contributed by atoms with Crippen LogP contribution in [0.2, 0.25) is 0 Å². The van der Waals surface area contributed by atoms with E-state index in [0.29, 0.717) is 17.8 Å². The SMILES string of the molecule is CC(C)c1cccc2c1C1Cc3c(ncc[n+]3C2C)N(c2c(C(C)C)cccc2C(C)C)C1c1cc2c3c(c1)Sc1ccccc1B3c1ccccc1S2. The third-order valence-electron chi connectivity index (χ3n) is 12.6. The van der Waals surface area contributed by atoms with Crippen LogP contribution in [0.1, 0.15) is 123 Å². The van der Waals surface area contributed by atoms with E-state index in [1.165, 1.54) is 80.7 Å². The fourth-order valence-electron chi connectivity index (χ4n) is 10.2. The zero-order valence-electron chi connectivity index (χ0n) is 32.3. The summed E-state index contributed by atoms with van der Waals surface area (Å²) in [6, 6.07) is 37.8. The molecule has 1 aromatic heterocycles. The molecule has 3 nitrogen and oxygen atoms in total. The van der Waals surface area contributed by atoms with Gasteiger partial charge in [-0.15, -0.1) is 0 Å². The van der Waals surface area contributed by atoms with Gasteiger partial charge in [-0.2, -0.15) is 4.57 Å². The fourth-order valence-corrected chi connectivity index (χ4v) is 12.7. The predicted molar refractivity (Wildman–Crippen MR) is 227 cm³/mol. The van der Waals surface area contributed by atoms with E-state index in [1.807, 2.05) is 23.5 Å². The highest BCUT2D eigenvalue weighted by molar-refractivity contribution is 8.01. The molecule has 4 aliphatic rings. The summed E-state index contributed by atoms with van der Waals surface area (Å²) in [4.78, 5) is 13.7. The molecule has 0 radical (unpaired) electrons. The minimum atomic E-state index is 0.0396. The number of fused-ring (bicyclic) bond motifs is 7. The number of aromatic nitrogens is 2. The van der Waals surface area contributed by atoms with Crippen LogP contribution >= 0.6 is 23.5 Å². The molecule has 4 aliphatic heterocycles. The average molecular weight is 741 g/mol. The van der Waals surface area contributed by atoms with Crippen LogP contribution in [0.5, 0.6) is 0 Å². The third-order valence-corrected chi connectivity index (χ3v) is 14.9. The topological polar surface area (TPSA) is 20.0 Å². The number of nitrogens with zero attached hydrogens (tertiary/aromatic N) is 3.